The lowest BCUT2D eigenvalue weighted by molar-refractivity contribution is -0.119. The molecule has 1 aromatic carbocycles. The molecule has 3 N–H and O–H groups in total. The molecular weight excluding hydrogens is 407 g/mol. The second-order valence-corrected chi connectivity index (χ2v) is 6.10. The van der Waals surface area contributed by atoms with Crippen molar-refractivity contribution in [2.24, 2.45) is 0 Å². The van der Waals surface area contributed by atoms with Crippen LogP contribution in [0, 0.1) is 0 Å². The Morgan fingerprint density at radius 2 is 1.93 bits per heavy atom. The third-order valence-electron chi connectivity index (χ3n) is 4.08. The number of carbonyl (C=O) groups excluding carboxylic acids is 2. The normalized spacial score (nSPS) is 16.8. The molecule has 0 bridgehead atoms. The number of anilines is 2. The van der Waals surface area contributed by atoms with Crippen LogP contribution < -0.4 is 16.0 Å². The highest BCUT2D eigenvalue weighted by Crippen LogP contribution is 2.16. The van der Waals surface area contributed by atoms with E-state index in [-0.39, 0.29) is 42.7 Å². The third-order valence-corrected chi connectivity index (χ3v) is 4.08. The first kappa shape index (κ1) is 23.8. The van der Waals surface area contributed by atoms with Crippen LogP contribution in [-0.2, 0) is 14.3 Å². The van der Waals surface area contributed by atoms with E-state index in [4.69, 9.17) is 4.74 Å². The number of amides is 2. The molecule has 0 saturated carbocycles. The van der Waals surface area contributed by atoms with E-state index >= 15 is 0 Å². The van der Waals surface area contributed by atoms with Crippen molar-refractivity contribution in [3.05, 3.63) is 36.9 Å². The number of nitrogens with zero attached hydrogens (tertiary/aromatic N) is 3. The van der Waals surface area contributed by atoms with E-state index < -0.39 is 6.04 Å². The summed E-state index contributed by atoms with van der Waals surface area (Å²) in [5.74, 6) is -0.278. The van der Waals surface area contributed by atoms with Crippen molar-refractivity contribution in [2.75, 3.05) is 30.4 Å². The summed E-state index contributed by atoms with van der Waals surface area (Å²) in [5, 5.41) is 12.9. The lowest BCUT2D eigenvalue weighted by Crippen LogP contribution is -2.43. The zero-order valence-corrected chi connectivity index (χ0v) is 17.0. The second-order valence-electron chi connectivity index (χ2n) is 6.10. The largest absolute Gasteiger partial charge is 0.378 e. The van der Waals surface area contributed by atoms with Gasteiger partial charge in [0.25, 0.3) is 0 Å². The second kappa shape index (κ2) is 11.6. The lowest BCUT2D eigenvalue weighted by Gasteiger charge is -2.23. The van der Waals surface area contributed by atoms with Crippen LogP contribution in [0.4, 0.5) is 11.4 Å². The van der Waals surface area contributed by atoms with Gasteiger partial charge < -0.3 is 20.7 Å². The van der Waals surface area contributed by atoms with Crippen molar-refractivity contribution in [1.29, 1.82) is 0 Å². The van der Waals surface area contributed by atoms with Crippen LogP contribution in [0.3, 0.4) is 0 Å². The summed E-state index contributed by atoms with van der Waals surface area (Å²) in [4.78, 5) is 28.1. The summed E-state index contributed by atoms with van der Waals surface area (Å²) in [6.07, 6.45) is 3.24. The quantitative estimate of drug-likeness (QED) is 0.642. The zero-order chi connectivity index (χ0) is 18.4. The Bertz CT molecular complexity index is 736. The van der Waals surface area contributed by atoms with Crippen molar-refractivity contribution in [3.63, 3.8) is 0 Å². The minimum Gasteiger partial charge on any atom is -0.378 e. The number of morpholine rings is 1. The van der Waals surface area contributed by atoms with E-state index in [2.05, 4.69) is 26.0 Å². The van der Waals surface area contributed by atoms with Crippen molar-refractivity contribution in [3.8, 4) is 0 Å². The van der Waals surface area contributed by atoms with Crippen LogP contribution in [0.1, 0.15) is 19.4 Å². The molecule has 28 heavy (non-hydrogen) atoms. The molecule has 9 nitrogen and oxygen atoms in total. The van der Waals surface area contributed by atoms with Gasteiger partial charge in [-0.3, -0.25) is 9.59 Å². The lowest BCUT2D eigenvalue weighted by atomic mass is 10.2. The third kappa shape index (κ3) is 6.75. The van der Waals surface area contributed by atoms with Crippen molar-refractivity contribution < 1.29 is 14.3 Å². The molecule has 3 rings (SSSR count). The predicted molar refractivity (Wildman–Crippen MR) is 110 cm³/mol. The Hall–Kier alpha value is -2.20. The molecule has 2 amide bonds. The van der Waals surface area contributed by atoms with E-state index in [0.29, 0.717) is 31.0 Å². The number of benzene rings is 1. The van der Waals surface area contributed by atoms with E-state index in [1.165, 1.54) is 17.3 Å². The SMILES string of the molecule is CC(C(=O)Nc1ccc(NC(=O)CC2COCCN2)cc1)n1cncn1.Cl.Cl. The number of rotatable bonds is 6. The average Bonchev–Trinajstić information content (AvgIpc) is 3.18. The molecule has 1 fully saturated rings. The van der Waals surface area contributed by atoms with Crippen molar-refractivity contribution in [2.45, 2.75) is 25.4 Å². The first-order valence-electron chi connectivity index (χ1n) is 8.48. The Morgan fingerprint density at radius 3 is 2.50 bits per heavy atom. The molecule has 2 atom stereocenters. The first-order valence-corrected chi connectivity index (χ1v) is 8.48. The van der Waals surface area contributed by atoms with E-state index in [1.54, 1.807) is 31.2 Å². The number of nitrogens with one attached hydrogen (secondary N) is 3. The predicted octanol–water partition coefficient (Wildman–Crippen LogP) is 1.64. The monoisotopic (exact) mass is 430 g/mol. The average molecular weight is 431 g/mol. The summed E-state index contributed by atoms with van der Waals surface area (Å²) in [7, 11) is 0. The number of ether oxygens (including phenoxy) is 1. The Balaban J connectivity index is 0.00000196. The highest BCUT2D eigenvalue weighted by molar-refractivity contribution is 5.94. The molecule has 11 heteroatoms. The number of hydrogen-bond acceptors (Lipinski definition) is 6. The summed E-state index contributed by atoms with van der Waals surface area (Å²) < 4.78 is 6.82. The number of carbonyl (C=O) groups is 2. The number of hydrogen-bond donors (Lipinski definition) is 3. The molecule has 2 unspecified atom stereocenters. The van der Waals surface area contributed by atoms with Gasteiger partial charge >= 0.3 is 0 Å². The van der Waals surface area contributed by atoms with Gasteiger partial charge in [-0.15, -0.1) is 24.8 Å². The van der Waals surface area contributed by atoms with Crippen LogP contribution >= 0.6 is 24.8 Å². The Labute approximate surface area is 175 Å². The molecule has 0 spiro atoms. The molecule has 0 radical (unpaired) electrons. The van der Waals surface area contributed by atoms with E-state index in [9.17, 15) is 9.59 Å². The van der Waals surface area contributed by atoms with Crippen LogP contribution in [-0.4, -0.2) is 52.4 Å². The summed E-state index contributed by atoms with van der Waals surface area (Å²) in [6, 6.07) is 6.55. The fraction of sp³-hybridized carbons (Fsp3) is 0.412. The maximum atomic E-state index is 12.2. The van der Waals surface area contributed by atoms with Gasteiger partial charge in [-0.2, -0.15) is 5.10 Å². The minimum atomic E-state index is -0.470. The topological polar surface area (TPSA) is 110 Å². The molecule has 154 valence electrons. The van der Waals surface area contributed by atoms with Gasteiger partial charge in [0.05, 0.1) is 13.2 Å². The van der Waals surface area contributed by atoms with Gasteiger partial charge in [0.1, 0.15) is 18.7 Å². The number of aromatic nitrogens is 3. The maximum Gasteiger partial charge on any atom is 0.249 e. The Morgan fingerprint density at radius 1 is 1.25 bits per heavy atom. The fourth-order valence-corrected chi connectivity index (χ4v) is 2.61. The van der Waals surface area contributed by atoms with Crippen molar-refractivity contribution >= 4 is 48.0 Å². The smallest absolute Gasteiger partial charge is 0.249 e. The number of halogens is 2. The minimum absolute atomic E-state index is 0. The zero-order valence-electron chi connectivity index (χ0n) is 15.3. The van der Waals surface area contributed by atoms with Crippen LogP contribution in [0.2, 0.25) is 0 Å². The van der Waals surface area contributed by atoms with Gasteiger partial charge in [-0.25, -0.2) is 9.67 Å². The first-order chi connectivity index (χ1) is 12.6. The molecule has 1 saturated heterocycles. The van der Waals surface area contributed by atoms with Gasteiger partial charge in [0.15, 0.2) is 0 Å². The molecular formula is C17H24Cl2N6O3. The molecule has 1 aromatic heterocycles. The molecule has 1 aliphatic rings. The van der Waals surface area contributed by atoms with E-state index in [1.807, 2.05) is 0 Å². The van der Waals surface area contributed by atoms with Crippen molar-refractivity contribution in [1.82, 2.24) is 20.1 Å². The highest BCUT2D eigenvalue weighted by atomic mass is 35.5. The van der Waals surface area contributed by atoms with Gasteiger partial charge in [0.2, 0.25) is 11.8 Å². The standard InChI is InChI=1S/C17H22N6O3.2ClH/c1-12(23-11-18-10-20-23)17(25)22-14-4-2-13(3-5-14)21-16(24)8-15-9-26-7-6-19-15;;/h2-5,10-12,15,19H,6-9H2,1H3,(H,21,24)(H,22,25);2*1H. The van der Waals surface area contributed by atoms with Gasteiger partial charge in [-0.05, 0) is 31.2 Å². The maximum absolute atomic E-state index is 12.2. The Kier molecular flexibility index (Phi) is 9.88. The molecule has 2 aromatic rings. The highest BCUT2D eigenvalue weighted by Gasteiger charge is 2.17. The molecule has 0 aliphatic carbocycles. The molecule has 1 aliphatic heterocycles. The van der Waals surface area contributed by atoms with Crippen LogP contribution in [0.25, 0.3) is 0 Å². The summed E-state index contributed by atoms with van der Waals surface area (Å²) in [6.45, 7) is 3.73. The van der Waals surface area contributed by atoms with E-state index in [0.717, 1.165) is 6.54 Å². The molecule has 2 heterocycles. The van der Waals surface area contributed by atoms with Crippen LogP contribution in [0.5, 0.6) is 0 Å². The fourth-order valence-electron chi connectivity index (χ4n) is 2.61. The summed E-state index contributed by atoms with van der Waals surface area (Å²) in [5.41, 5.74) is 1.32. The summed E-state index contributed by atoms with van der Waals surface area (Å²) >= 11 is 0. The van der Waals surface area contributed by atoms with Gasteiger partial charge in [0, 0.05) is 30.4 Å². The van der Waals surface area contributed by atoms with Crippen LogP contribution in [0.15, 0.2) is 36.9 Å². The van der Waals surface area contributed by atoms with Gasteiger partial charge in [-0.1, -0.05) is 0 Å².